The second-order valence-electron chi connectivity index (χ2n) is 7.92. The van der Waals surface area contributed by atoms with Gasteiger partial charge in [0.15, 0.2) is 0 Å². The molecule has 0 saturated carbocycles. The molecule has 6 nitrogen and oxygen atoms in total. The lowest BCUT2D eigenvalue weighted by Gasteiger charge is -2.33. The summed E-state index contributed by atoms with van der Waals surface area (Å²) in [6.45, 7) is 7.29. The molecule has 4 rings (SSSR count). The predicted molar refractivity (Wildman–Crippen MR) is 115 cm³/mol. The Hall–Kier alpha value is -2.60. The van der Waals surface area contributed by atoms with Crippen LogP contribution in [0.1, 0.15) is 35.3 Å². The maximum Gasteiger partial charge on any atom is 0.272 e. The summed E-state index contributed by atoms with van der Waals surface area (Å²) in [6.07, 6.45) is 3.02. The van der Waals surface area contributed by atoms with Crippen LogP contribution in [0.25, 0.3) is 0 Å². The summed E-state index contributed by atoms with van der Waals surface area (Å²) in [4.78, 5) is 22.0. The van der Waals surface area contributed by atoms with Crippen molar-refractivity contribution in [3.63, 3.8) is 0 Å². The summed E-state index contributed by atoms with van der Waals surface area (Å²) in [5.74, 6) is 1.76. The van der Waals surface area contributed by atoms with Crippen molar-refractivity contribution >= 4 is 11.7 Å². The minimum absolute atomic E-state index is 0.00277. The van der Waals surface area contributed by atoms with Gasteiger partial charge in [0.05, 0.1) is 6.54 Å². The molecule has 0 radical (unpaired) electrons. The molecule has 0 spiro atoms. The summed E-state index contributed by atoms with van der Waals surface area (Å²) in [7, 11) is 0. The molecule has 1 N–H and O–H groups in total. The minimum atomic E-state index is -0.00277. The van der Waals surface area contributed by atoms with Crippen LogP contribution in [0.4, 0.5) is 5.82 Å². The van der Waals surface area contributed by atoms with Gasteiger partial charge >= 0.3 is 0 Å². The lowest BCUT2D eigenvalue weighted by Crippen LogP contribution is -2.44. The molecule has 2 saturated heterocycles. The molecule has 0 bridgehead atoms. The molecule has 1 aromatic heterocycles. The Morgan fingerprint density at radius 1 is 1.07 bits per heavy atom. The van der Waals surface area contributed by atoms with Crippen LogP contribution < -0.4 is 15.0 Å². The van der Waals surface area contributed by atoms with Crippen molar-refractivity contribution in [3.05, 3.63) is 53.7 Å². The van der Waals surface area contributed by atoms with Crippen molar-refractivity contribution in [2.45, 2.75) is 32.3 Å². The molecular formula is C23H30N4O2. The molecule has 2 aliphatic rings. The molecule has 29 heavy (non-hydrogen) atoms. The monoisotopic (exact) mass is 394 g/mol. The Balaban J connectivity index is 1.41. The fraction of sp³-hybridized carbons (Fsp3) is 0.478. The molecule has 2 aliphatic heterocycles. The Morgan fingerprint density at radius 3 is 2.79 bits per heavy atom. The van der Waals surface area contributed by atoms with Crippen LogP contribution in [0.2, 0.25) is 0 Å². The van der Waals surface area contributed by atoms with Crippen LogP contribution >= 0.6 is 0 Å². The Morgan fingerprint density at radius 2 is 1.93 bits per heavy atom. The highest BCUT2D eigenvalue weighted by molar-refractivity contribution is 5.92. The number of anilines is 1. The molecular weight excluding hydrogens is 364 g/mol. The highest BCUT2D eigenvalue weighted by Crippen LogP contribution is 2.21. The largest absolute Gasteiger partial charge is 0.489 e. The molecule has 2 aromatic rings. The van der Waals surface area contributed by atoms with Gasteiger partial charge in [-0.05, 0) is 57.0 Å². The van der Waals surface area contributed by atoms with Gasteiger partial charge in [0.25, 0.3) is 5.91 Å². The fourth-order valence-corrected chi connectivity index (χ4v) is 3.98. The van der Waals surface area contributed by atoms with Crippen LogP contribution in [0, 0.1) is 6.92 Å². The second-order valence-corrected chi connectivity index (χ2v) is 7.92. The van der Waals surface area contributed by atoms with E-state index in [1.807, 2.05) is 35.2 Å². The van der Waals surface area contributed by atoms with E-state index in [2.05, 4.69) is 29.3 Å². The maximum atomic E-state index is 13.1. The van der Waals surface area contributed by atoms with E-state index in [1.54, 1.807) is 0 Å². The number of rotatable bonds is 4. The van der Waals surface area contributed by atoms with E-state index in [0.29, 0.717) is 12.2 Å². The number of hydrogen-bond donors (Lipinski definition) is 1. The van der Waals surface area contributed by atoms with E-state index in [9.17, 15) is 4.79 Å². The van der Waals surface area contributed by atoms with E-state index < -0.39 is 0 Å². The number of carbonyl (C=O) groups is 1. The average molecular weight is 395 g/mol. The van der Waals surface area contributed by atoms with Gasteiger partial charge in [0.2, 0.25) is 0 Å². The zero-order valence-electron chi connectivity index (χ0n) is 17.1. The topological polar surface area (TPSA) is 57.7 Å². The Labute approximate surface area is 172 Å². The SMILES string of the molecule is Cc1ccc(O[C@@H]2CCCN(C(=O)c3cccc(N4CCCNCC4)n3)C2)cc1. The van der Waals surface area contributed by atoms with Gasteiger partial charge in [0.1, 0.15) is 23.4 Å². The van der Waals surface area contributed by atoms with Crippen molar-refractivity contribution in [1.82, 2.24) is 15.2 Å². The first-order chi connectivity index (χ1) is 14.2. The molecule has 0 aliphatic carbocycles. The molecule has 154 valence electrons. The van der Waals surface area contributed by atoms with Crippen molar-refractivity contribution < 1.29 is 9.53 Å². The maximum absolute atomic E-state index is 13.1. The van der Waals surface area contributed by atoms with E-state index in [1.165, 1.54) is 5.56 Å². The number of aromatic nitrogens is 1. The van der Waals surface area contributed by atoms with E-state index in [0.717, 1.165) is 63.6 Å². The van der Waals surface area contributed by atoms with Gasteiger partial charge in [0, 0.05) is 26.2 Å². The predicted octanol–water partition coefficient (Wildman–Crippen LogP) is 2.87. The van der Waals surface area contributed by atoms with E-state index >= 15 is 0 Å². The van der Waals surface area contributed by atoms with Gasteiger partial charge in [-0.3, -0.25) is 4.79 Å². The smallest absolute Gasteiger partial charge is 0.272 e. The fourth-order valence-electron chi connectivity index (χ4n) is 3.98. The highest BCUT2D eigenvalue weighted by Gasteiger charge is 2.27. The number of hydrogen-bond acceptors (Lipinski definition) is 5. The summed E-state index contributed by atoms with van der Waals surface area (Å²) in [6, 6.07) is 13.9. The van der Waals surface area contributed by atoms with Crippen LogP contribution in [0.5, 0.6) is 5.75 Å². The third-order valence-corrected chi connectivity index (χ3v) is 5.61. The third-order valence-electron chi connectivity index (χ3n) is 5.61. The molecule has 1 atom stereocenters. The number of nitrogens with one attached hydrogen (secondary N) is 1. The van der Waals surface area contributed by atoms with Crippen LogP contribution in [0.15, 0.2) is 42.5 Å². The minimum Gasteiger partial charge on any atom is -0.489 e. The number of benzene rings is 1. The number of likely N-dealkylation sites (tertiary alicyclic amines) is 1. The van der Waals surface area contributed by atoms with Gasteiger partial charge in [-0.2, -0.15) is 0 Å². The number of piperidine rings is 1. The van der Waals surface area contributed by atoms with Gasteiger partial charge in [-0.15, -0.1) is 0 Å². The van der Waals surface area contributed by atoms with Gasteiger partial charge in [-0.1, -0.05) is 23.8 Å². The van der Waals surface area contributed by atoms with E-state index in [4.69, 9.17) is 9.72 Å². The van der Waals surface area contributed by atoms with Gasteiger partial charge in [-0.25, -0.2) is 4.98 Å². The lowest BCUT2D eigenvalue weighted by molar-refractivity contribution is 0.0533. The first kappa shape index (κ1) is 19.7. The van der Waals surface area contributed by atoms with Crippen LogP contribution in [-0.4, -0.2) is 61.2 Å². The number of ether oxygens (including phenoxy) is 1. The number of pyridine rings is 1. The number of aryl methyl sites for hydroxylation is 1. The quantitative estimate of drug-likeness (QED) is 0.864. The molecule has 1 amide bonds. The number of nitrogens with zero attached hydrogens (tertiary/aromatic N) is 3. The average Bonchev–Trinajstić information content (AvgIpc) is 3.05. The highest BCUT2D eigenvalue weighted by atomic mass is 16.5. The lowest BCUT2D eigenvalue weighted by atomic mass is 10.1. The van der Waals surface area contributed by atoms with Crippen LogP contribution in [-0.2, 0) is 0 Å². The standard InChI is InChI=1S/C23H30N4O2/c1-18-8-10-19(11-9-18)29-20-5-3-14-27(17-20)23(28)21-6-2-7-22(25-21)26-15-4-12-24-13-16-26/h2,6-11,20,24H,3-5,12-17H2,1H3/t20-/m1/s1. The van der Waals surface area contributed by atoms with Crippen LogP contribution in [0.3, 0.4) is 0 Å². The van der Waals surface area contributed by atoms with Crippen molar-refractivity contribution in [2.75, 3.05) is 44.2 Å². The van der Waals surface area contributed by atoms with Crippen molar-refractivity contribution in [3.8, 4) is 5.75 Å². The Bertz CT molecular complexity index is 816. The molecule has 0 unspecified atom stereocenters. The van der Waals surface area contributed by atoms with Gasteiger partial charge < -0.3 is 19.9 Å². The molecule has 2 fully saturated rings. The summed E-state index contributed by atoms with van der Waals surface area (Å²) in [5, 5.41) is 3.41. The third kappa shape index (κ3) is 5.07. The molecule has 6 heteroatoms. The van der Waals surface area contributed by atoms with E-state index in [-0.39, 0.29) is 12.0 Å². The summed E-state index contributed by atoms with van der Waals surface area (Å²) >= 11 is 0. The zero-order valence-corrected chi connectivity index (χ0v) is 17.1. The number of carbonyl (C=O) groups excluding carboxylic acids is 1. The Kier molecular flexibility index (Phi) is 6.30. The first-order valence-electron chi connectivity index (χ1n) is 10.6. The number of amides is 1. The van der Waals surface area contributed by atoms with Crippen molar-refractivity contribution in [2.24, 2.45) is 0 Å². The second kappa shape index (κ2) is 9.27. The summed E-state index contributed by atoms with van der Waals surface area (Å²) in [5.41, 5.74) is 1.74. The normalized spacial score (nSPS) is 20.2. The van der Waals surface area contributed by atoms with Crippen molar-refractivity contribution in [1.29, 1.82) is 0 Å². The summed E-state index contributed by atoms with van der Waals surface area (Å²) < 4.78 is 6.13. The zero-order chi connectivity index (χ0) is 20.1. The first-order valence-corrected chi connectivity index (χ1v) is 10.6. The molecule has 1 aromatic carbocycles. The molecule has 3 heterocycles.